The van der Waals surface area contributed by atoms with Gasteiger partial charge in [0.25, 0.3) is 0 Å². The summed E-state index contributed by atoms with van der Waals surface area (Å²) in [5, 5.41) is -0.205. The van der Waals surface area contributed by atoms with Crippen molar-refractivity contribution in [2.24, 2.45) is 0 Å². The molecule has 35 heavy (non-hydrogen) atoms. The zero-order valence-electron chi connectivity index (χ0n) is 18.6. The van der Waals surface area contributed by atoms with Crippen molar-refractivity contribution >= 4 is 21.0 Å². The van der Waals surface area contributed by atoms with Gasteiger partial charge in [0.05, 0.1) is 10.5 Å². The van der Waals surface area contributed by atoms with Crippen LogP contribution >= 0.6 is 0 Å². The Hall–Kier alpha value is -3.50. The van der Waals surface area contributed by atoms with E-state index < -0.39 is 27.4 Å². The summed E-state index contributed by atoms with van der Waals surface area (Å²) in [4.78, 5) is 15.8. The van der Waals surface area contributed by atoms with Crippen LogP contribution in [0.15, 0.2) is 87.0 Å². The number of benzene rings is 2. The number of alkyl halides is 3. The van der Waals surface area contributed by atoms with Gasteiger partial charge in [0.2, 0.25) is 10.0 Å². The third kappa shape index (κ3) is 5.60. The molecule has 0 bridgehead atoms. The molecule has 2 aromatic carbocycles. The molecule has 0 unspecified atom stereocenters. The molecule has 0 saturated heterocycles. The number of aromatic nitrogens is 1. The molecule has 0 atom stereocenters. The fourth-order valence-electron chi connectivity index (χ4n) is 3.69. The van der Waals surface area contributed by atoms with Gasteiger partial charge in [-0.25, -0.2) is 17.5 Å². The van der Waals surface area contributed by atoms with Crippen molar-refractivity contribution in [3.05, 3.63) is 106 Å². The van der Waals surface area contributed by atoms with Crippen molar-refractivity contribution < 1.29 is 26.0 Å². The lowest BCUT2D eigenvalue weighted by Gasteiger charge is -2.17. The Labute approximate surface area is 199 Å². The molecular weight excluding hydrogens is 481 g/mol. The third-order valence-corrected chi connectivity index (χ3v) is 7.43. The lowest BCUT2D eigenvalue weighted by atomic mass is 10.0. The lowest BCUT2D eigenvalue weighted by molar-refractivity contribution is -0.136. The second-order valence-electron chi connectivity index (χ2n) is 8.03. The first-order valence-corrected chi connectivity index (χ1v) is 12.1. The van der Waals surface area contributed by atoms with Crippen LogP contribution in [0.4, 0.5) is 13.2 Å². The molecule has 0 fully saturated rings. The van der Waals surface area contributed by atoms with E-state index in [1.807, 2.05) is 12.1 Å². The number of fused-ring (bicyclic) bond motifs is 1. The fourth-order valence-corrected chi connectivity index (χ4v) is 4.86. The Morgan fingerprint density at radius 1 is 0.971 bits per heavy atom. The SMILES string of the molecule is CN(CCc1ccccn1)S(=O)(=O)c1ccc(Cc2ccc3oc(=O)cc(C(F)(F)F)c3c2)cc1. The molecular formula is C25H21F3N2O4S. The first-order valence-electron chi connectivity index (χ1n) is 10.6. The van der Waals surface area contributed by atoms with E-state index in [1.165, 1.54) is 35.6 Å². The Bertz CT molecular complexity index is 1500. The highest BCUT2D eigenvalue weighted by atomic mass is 32.2. The van der Waals surface area contributed by atoms with Gasteiger partial charge in [-0.3, -0.25) is 4.98 Å². The second-order valence-corrected chi connectivity index (χ2v) is 10.1. The first-order chi connectivity index (χ1) is 16.5. The van der Waals surface area contributed by atoms with Crippen LogP contribution in [0.2, 0.25) is 0 Å². The van der Waals surface area contributed by atoms with E-state index in [4.69, 9.17) is 4.42 Å². The van der Waals surface area contributed by atoms with Crippen molar-refractivity contribution in [1.82, 2.24) is 9.29 Å². The Balaban J connectivity index is 1.52. The van der Waals surface area contributed by atoms with E-state index in [-0.39, 0.29) is 28.8 Å². The number of likely N-dealkylation sites (N-methyl/N-ethyl adjacent to an activating group) is 1. The average molecular weight is 503 g/mol. The van der Waals surface area contributed by atoms with Gasteiger partial charge >= 0.3 is 11.8 Å². The summed E-state index contributed by atoms with van der Waals surface area (Å²) >= 11 is 0. The summed E-state index contributed by atoms with van der Waals surface area (Å²) in [6.07, 6.45) is -2.32. The first kappa shape index (κ1) is 24.6. The third-order valence-electron chi connectivity index (χ3n) is 5.56. The van der Waals surface area contributed by atoms with E-state index >= 15 is 0 Å². The van der Waals surface area contributed by atoms with Gasteiger partial charge < -0.3 is 4.42 Å². The fraction of sp³-hybridized carbons (Fsp3) is 0.200. The Morgan fingerprint density at radius 2 is 1.69 bits per heavy atom. The van der Waals surface area contributed by atoms with Crippen LogP contribution in [0.3, 0.4) is 0 Å². The van der Waals surface area contributed by atoms with Gasteiger partial charge in [0.15, 0.2) is 0 Å². The van der Waals surface area contributed by atoms with E-state index in [0.717, 1.165) is 5.69 Å². The summed E-state index contributed by atoms with van der Waals surface area (Å²) in [6, 6.07) is 16.3. The summed E-state index contributed by atoms with van der Waals surface area (Å²) in [5.41, 5.74) is -0.220. The molecule has 10 heteroatoms. The highest BCUT2D eigenvalue weighted by Crippen LogP contribution is 2.34. The van der Waals surface area contributed by atoms with Crippen LogP contribution in [0, 0.1) is 0 Å². The van der Waals surface area contributed by atoms with E-state index in [9.17, 15) is 26.4 Å². The van der Waals surface area contributed by atoms with E-state index in [2.05, 4.69) is 4.98 Å². The number of pyridine rings is 1. The maximum Gasteiger partial charge on any atom is 0.417 e. The Kier molecular flexibility index (Phi) is 6.77. The number of sulfonamides is 1. The van der Waals surface area contributed by atoms with Gasteiger partial charge in [-0.1, -0.05) is 24.3 Å². The molecule has 0 N–H and O–H groups in total. The average Bonchev–Trinajstić information content (AvgIpc) is 2.82. The molecule has 2 aromatic heterocycles. The van der Waals surface area contributed by atoms with Gasteiger partial charge in [-0.2, -0.15) is 13.2 Å². The minimum Gasteiger partial charge on any atom is -0.423 e. The van der Waals surface area contributed by atoms with Crippen LogP contribution in [0.25, 0.3) is 11.0 Å². The highest BCUT2D eigenvalue weighted by molar-refractivity contribution is 7.89. The van der Waals surface area contributed by atoms with Crippen molar-refractivity contribution in [2.75, 3.05) is 13.6 Å². The lowest BCUT2D eigenvalue weighted by Crippen LogP contribution is -2.29. The monoisotopic (exact) mass is 502 g/mol. The quantitative estimate of drug-likeness (QED) is 0.344. The van der Waals surface area contributed by atoms with E-state index in [0.29, 0.717) is 23.6 Å². The van der Waals surface area contributed by atoms with Crippen molar-refractivity contribution in [2.45, 2.75) is 23.9 Å². The molecule has 0 aliphatic rings. The molecule has 0 radical (unpaired) electrons. The predicted molar refractivity (Wildman–Crippen MR) is 124 cm³/mol. The van der Waals surface area contributed by atoms with Crippen LogP contribution in [-0.2, 0) is 29.0 Å². The molecule has 0 saturated carbocycles. The molecule has 4 aromatic rings. The minimum atomic E-state index is -4.70. The number of halogens is 3. The molecule has 0 spiro atoms. The molecule has 182 valence electrons. The summed E-state index contributed by atoms with van der Waals surface area (Å²) in [5.74, 6) is 0. The maximum absolute atomic E-state index is 13.4. The second kappa shape index (κ2) is 9.63. The smallest absolute Gasteiger partial charge is 0.417 e. The van der Waals surface area contributed by atoms with E-state index in [1.54, 1.807) is 30.5 Å². The topological polar surface area (TPSA) is 80.5 Å². The normalized spacial score (nSPS) is 12.4. The summed E-state index contributed by atoms with van der Waals surface area (Å²) in [7, 11) is -2.22. The van der Waals surface area contributed by atoms with Crippen LogP contribution < -0.4 is 5.63 Å². The standard InChI is InChI=1S/C25H21F3N2O4S/c1-30(13-11-19-4-2-3-12-29-19)35(32,33)20-8-5-17(6-9-20)14-18-7-10-23-21(15-18)22(25(26,27)28)16-24(31)34-23/h2-10,12,15-16H,11,13-14H2,1H3. The zero-order valence-corrected chi connectivity index (χ0v) is 19.4. The summed E-state index contributed by atoms with van der Waals surface area (Å²) < 4.78 is 72.1. The Morgan fingerprint density at radius 3 is 2.34 bits per heavy atom. The number of hydrogen-bond donors (Lipinski definition) is 0. The van der Waals surface area contributed by atoms with Gasteiger partial charge in [-0.15, -0.1) is 0 Å². The van der Waals surface area contributed by atoms with Gasteiger partial charge in [0.1, 0.15) is 5.58 Å². The minimum absolute atomic E-state index is 0.115. The highest BCUT2D eigenvalue weighted by Gasteiger charge is 2.34. The number of rotatable bonds is 7. The summed E-state index contributed by atoms with van der Waals surface area (Å²) in [6.45, 7) is 0.260. The van der Waals surface area contributed by atoms with Crippen LogP contribution in [-0.4, -0.2) is 31.3 Å². The zero-order chi connectivity index (χ0) is 25.2. The molecule has 0 aliphatic heterocycles. The predicted octanol–water partition coefficient (Wildman–Crippen LogP) is 4.66. The molecule has 0 aliphatic carbocycles. The van der Waals surface area contributed by atoms with Crippen molar-refractivity contribution in [3.63, 3.8) is 0 Å². The van der Waals surface area contributed by atoms with Crippen LogP contribution in [0.5, 0.6) is 0 Å². The number of hydrogen-bond acceptors (Lipinski definition) is 5. The van der Waals surface area contributed by atoms with Gasteiger partial charge in [-0.05, 0) is 53.9 Å². The van der Waals surface area contributed by atoms with Crippen molar-refractivity contribution in [3.8, 4) is 0 Å². The molecule has 6 nitrogen and oxygen atoms in total. The number of nitrogens with zero attached hydrogens (tertiary/aromatic N) is 2. The molecule has 0 amide bonds. The van der Waals surface area contributed by atoms with Crippen LogP contribution in [0.1, 0.15) is 22.4 Å². The molecule has 2 heterocycles. The molecule has 4 rings (SSSR count). The van der Waals surface area contributed by atoms with Crippen molar-refractivity contribution in [1.29, 1.82) is 0 Å². The van der Waals surface area contributed by atoms with Gasteiger partial charge in [0, 0.05) is 43.4 Å². The maximum atomic E-state index is 13.4. The largest absolute Gasteiger partial charge is 0.423 e.